The molecule has 0 saturated carbocycles. The summed E-state index contributed by atoms with van der Waals surface area (Å²) >= 11 is 8.45. The molecule has 0 aromatic heterocycles. The first-order chi connectivity index (χ1) is 37.2. The first-order valence-electron chi connectivity index (χ1n) is 25.6. The Kier molecular flexibility index (Phi) is 29.8. The van der Waals surface area contributed by atoms with Crippen molar-refractivity contribution in [3.05, 3.63) is 59.7 Å². The predicted molar refractivity (Wildman–Crippen MR) is 295 cm³/mol. The molecule has 0 aliphatic heterocycles. The molecule has 0 bridgehead atoms. The number of amides is 9. The van der Waals surface area contributed by atoms with Crippen LogP contribution in [0.4, 0.5) is 0 Å². The van der Waals surface area contributed by atoms with Crippen LogP contribution in [0.15, 0.2) is 48.5 Å². The molecule has 2 aromatic carbocycles. The Morgan fingerprint density at radius 1 is 0.519 bits per heavy atom. The molecule has 28 heteroatoms. The number of rotatable bonds is 35. The largest absolute Gasteiger partial charge is 0.508 e. The molecule has 17 N–H and O–H groups in total. The van der Waals surface area contributed by atoms with Crippen LogP contribution in [0.25, 0.3) is 0 Å². The van der Waals surface area contributed by atoms with Crippen LogP contribution >= 0.6 is 25.3 Å². The smallest absolute Gasteiger partial charge is 0.326 e. The van der Waals surface area contributed by atoms with E-state index < -0.39 is 145 Å². The van der Waals surface area contributed by atoms with E-state index in [1.807, 2.05) is 0 Å². The zero-order chi connectivity index (χ0) is 59.5. The number of phenols is 2. The summed E-state index contributed by atoms with van der Waals surface area (Å²) in [5.41, 5.74) is 12.5. The minimum absolute atomic E-state index is 0.00236. The summed E-state index contributed by atoms with van der Waals surface area (Å²) in [5.74, 6) is -12.1. The molecular formula is C51H77N11O15S2. The normalized spacial score (nSPS) is 14.5. The van der Waals surface area contributed by atoms with Crippen LogP contribution in [0.3, 0.4) is 0 Å². The van der Waals surface area contributed by atoms with E-state index in [9.17, 15) is 73.2 Å². The van der Waals surface area contributed by atoms with Crippen molar-refractivity contribution in [3.63, 3.8) is 0 Å². The summed E-state index contributed by atoms with van der Waals surface area (Å²) in [6.07, 6.45) is -0.0220. The molecule has 79 heavy (non-hydrogen) atoms. The number of benzene rings is 2. The number of unbranched alkanes of at least 4 members (excludes halogenated alkanes) is 1. The van der Waals surface area contributed by atoms with Crippen molar-refractivity contribution >= 4 is 90.4 Å². The van der Waals surface area contributed by atoms with Gasteiger partial charge in [-0.3, -0.25) is 47.9 Å². The van der Waals surface area contributed by atoms with Crippen molar-refractivity contribution in [2.45, 2.75) is 140 Å². The third-order valence-electron chi connectivity index (χ3n) is 12.0. The lowest BCUT2D eigenvalue weighted by atomic mass is 10.0. The van der Waals surface area contributed by atoms with Crippen molar-refractivity contribution in [2.75, 3.05) is 24.6 Å². The number of carbonyl (C=O) groups is 11. The van der Waals surface area contributed by atoms with E-state index in [1.165, 1.54) is 55.5 Å². The Balaban J connectivity index is 2.31. The molecule has 0 saturated heterocycles. The van der Waals surface area contributed by atoms with Gasteiger partial charge in [0.1, 0.15) is 59.8 Å². The van der Waals surface area contributed by atoms with Gasteiger partial charge < -0.3 is 79.7 Å². The van der Waals surface area contributed by atoms with Gasteiger partial charge in [0.25, 0.3) is 0 Å². The van der Waals surface area contributed by atoms with Crippen LogP contribution in [-0.2, 0) is 65.6 Å². The number of hydrogen-bond donors (Lipinski definition) is 17. The number of nitrogens with one attached hydrogen (secondary N) is 9. The molecule has 0 aliphatic rings. The quantitative estimate of drug-likeness (QED) is 0.0259. The molecular weight excluding hydrogens is 1070 g/mol. The fourth-order valence-electron chi connectivity index (χ4n) is 7.49. The third-order valence-corrected chi connectivity index (χ3v) is 12.7. The first kappa shape index (κ1) is 67.9. The maximum absolute atomic E-state index is 14.1. The van der Waals surface area contributed by atoms with E-state index in [0.29, 0.717) is 36.9 Å². The minimum Gasteiger partial charge on any atom is -0.508 e. The Morgan fingerprint density at radius 2 is 0.949 bits per heavy atom. The summed E-state index contributed by atoms with van der Waals surface area (Å²) < 4.78 is 0. The highest BCUT2D eigenvalue weighted by molar-refractivity contribution is 7.80. The van der Waals surface area contributed by atoms with Gasteiger partial charge in [-0.15, -0.1) is 0 Å². The number of carboxylic acid groups (broad SMARTS) is 2. The number of thiol groups is 2. The van der Waals surface area contributed by atoms with Gasteiger partial charge in [-0.2, -0.15) is 25.3 Å². The van der Waals surface area contributed by atoms with E-state index in [1.54, 1.807) is 27.7 Å². The number of aliphatic carboxylic acids is 2. The van der Waals surface area contributed by atoms with E-state index in [0.717, 1.165) is 0 Å². The molecule has 0 radical (unpaired) electrons. The fraction of sp³-hybridized carbons (Fsp3) is 0.549. The molecule has 438 valence electrons. The molecule has 26 nitrogen and oxygen atoms in total. The van der Waals surface area contributed by atoms with Crippen molar-refractivity contribution in [1.29, 1.82) is 0 Å². The lowest BCUT2D eigenvalue weighted by molar-refractivity contribution is -0.143. The lowest BCUT2D eigenvalue weighted by Crippen LogP contribution is -2.61. The highest BCUT2D eigenvalue weighted by Gasteiger charge is 2.35. The van der Waals surface area contributed by atoms with Gasteiger partial charge >= 0.3 is 11.9 Å². The third kappa shape index (κ3) is 25.0. The van der Waals surface area contributed by atoms with Gasteiger partial charge in [-0.25, -0.2) is 4.79 Å². The highest BCUT2D eigenvalue weighted by atomic mass is 32.1. The Bertz CT molecular complexity index is 2400. The topological polar surface area (TPSA) is 429 Å². The maximum atomic E-state index is 14.1. The second-order valence-electron chi connectivity index (χ2n) is 19.5. The van der Waals surface area contributed by atoms with Gasteiger partial charge in [0.2, 0.25) is 53.2 Å². The number of carboxylic acids is 2. The molecule has 9 amide bonds. The Hall–Kier alpha value is -7.17. The summed E-state index contributed by atoms with van der Waals surface area (Å²) in [6.45, 7) is 7.59. The second kappa shape index (κ2) is 34.7. The average molecular weight is 1150 g/mol. The lowest BCUT2D eigenvalue weighted by Gasteiger charge is -2.28. The number of carbonyl (C=O) groups excluding carboxylic acids is 9. The zero-order valence-corrected chi connectivity index (χ0v) is 46.6. The summed E-state index contributed by atoms with van der Waals surface area (Å²) in [7, 11) is 0. The Labute approximate surface area is 469 Å². The number of phenolic OH excluding ortho intramolecular Hbond substituents is 2. The fourth-order valence-corrected chi connectivity index (χ4v) is 8.01. The van der Waals surface area contributed by atoms with E-state index in [4.69, 9.17) is 11.5 Å². The van der Waals surface area contributed by atoms with Crippen LogP contribution in [-0.4, -0.2) is 165 Å². The molecule has 0 fully saturated rings. The van der Waals surface area contributed by atoms with Gasteiger partial charge in [0, 0.05) is 30.8 Å². The van der Waals surface area contributed by atoms with Gasteiger partial charge in [-0.05, 0) is 86.4 Å². The first-order valence-corrected chi connectivity index (χ1v) is 26.8. The summed E-state index contributed by atoms with van der Waals surface area (Å²) in [6, 6.07) is -0.891. The molecule has 9 atom stereocenters. The van der Waals surface area contributed by atoms with E-state index in [-0.39, 0.29) is 48.2 Å². The zero-order valence-electron chi connectivity index (χ0n) is 44.8. The molecule has 0 heterocycles. The minimum atomic E-state index is -1.64. The van der Waals surface area contributed by atoms with Crippen molar-refractivity contribution in [2.24, 2.45) is 23.3 Å². The van der Waals surface area contributed by atoms with Crippen LogP contribution in [0, 0.1) is 11.8 Å². The molecule has 2 aromatic rings. The van der Waals surface area contributed by atoms with Crippen LogP contribution in [0.5, 0.6) is 11.5 Å². The molecule has 0 unspecified atom stereocenters. The Morgan fingerprint density at radius 3 is 1.42 bits per heavy atom. The van der Waals surface area contributed by atoms with E-state index in [2.05, 4.69) is 73.1 Å². The summed E-state index contributed by atoms with van der Waals surface area (Å²) in [5, 5.41) is 60.8. The molecule has 0 spiro atoms. The van der Waals surface area contributed by atoms with Crippen LogP contribution in [0.1, 0.15) is 84.3 Å². The van der Waals surface area contributed by atoms with E-state index >= 15 is 0 Å². The van der Waals surface area contributed by atoms with Crippen molar-refractivity contribution in [1.82, 2.24) is 47.9 Å². The average Bonchev–Trinajstić information content (AvgIpc) is 3.40. The van der Waals surface area contributed by atoms with Crippen LogP contribution < -0.4 is 59.3 Å². The predicted octanol–water partition coefficient (Wildman–Crippen LogP) is -2.14. The standard InChI is InChI=1S/C51H77N11O15S2/c1-26(2)20-35(58-48(73)37(22-30-11-15-32(64)16-12-30)59-50(75)38(24-78)60-44(69)33(53)8-6-7-19-52)47(72)61-39(25-79)49(74)56-34(17-18-41(66)67)46(71)55-28(5)43(68)57-36(21-29-9-13-31(63)14-10-29)45(70)54-23-40(65)62-42(27(3)4)51(76)77/h9-16,26-28,33-39,42,63-64,78-79H,6-8,17-25,52-53H2,1-5H3,(H,54,70)(H,55,71)(H,56,74)(H,57,68)(H,58,73)(H,59,75)(H,60,69)(H,61,72)(H,62,65)(H,66,67)(H,76,77)/t28-,33-,34+,35-,36-,37-,38-,39-,42-/m0/s1. The van der Waals surface area contributed by atoms with Crippen molar-refractivity contribution < 1.29 is 73.2 Å². The molecule has 2 rings (SSSR count). The number of nitrogens with two attached hydrogens (primary N) is 2. The van der Waals surface area contributed by atoms with Gasteiger partial charge in [0.15, 0.2) is 0 Å². The van der Waals surface area contributed by atoms with Crippen molar-refractivity contribution in [3.8, 4) is 11.5 Å². The van der Waals surface area contributed by atoms with Crippen LogP contribution in [0.2, 0.25) is 0 Å². The maximum Gasteiger partial charge on any atom is 0.326 e. The number of aromatic hydroxyl groups is 2. The monoisotopic (exact) mass is 1150 g/mol. The molecule has 0 aliphatic carbocycles. The van der Waals surface area contributed by atoms with Gasteiger partial charge in [0.05, 0.1) is 12.6 Å². The highest BCUT2D eigenvalue weighted by Crippen LogP contribution is 2.15. The second-order valence-corrected chi connectivity index (χ2v) is 20.2. The SMILES string of the molecule is CC(C)C[C@H](NC(=O)[C@H](Cc1ccc(O)cc1)NC(=O)[C@H](CS)NC(=O)[C@@H](N)CCCCN)C(=O)N[C@@H](CS)C(=O)N[C@H](CCC(=O)O)C(=O)N[C@@H](C)C(=O)N[C@@H](Cc1ccc(O)cc1)C(=O)NCC(=O)N[C@H](C(=O)O)C(C)C. The number of hydrogen-bond acceptors (Lipinski definition) is 17. The van der Waals surface area contributed by atoms with Gasteiger partial charge in [-0.1, -0.05) is 58.4 Å². The summed E-state index contributed by atoms with van der Waals surface area (Å²) in [4.78, 5) is 145.